The highest BCUT2D eigenvalue weighted by molar-refractivity contribution is 8.26. The maximum atomic E-state index is 11.5. The summed E-state index contributed by atoms with van der Waals surface area (Å²) >= 11 is 6.25. The topological polar surface area (TPSA) is 29.1 Å². The number of amides is 1. The minimum Gasteiger partial charge on any atom is -0.307 e. The summed E-state index contributed by atoms with van der Waals surface area (Å²) in [5.74, 6) is -0.102. The van der Waals surface area contributed by atoms with Gasteiger partial charge in [0, 0.05) is 0 Å². The number of nitrogens with one attached hydrogen (secondary N) is 1. The van der Waals surface area contributed by atoms with Gasteiger partial charge in [0.1, 0.15) is 4.32 Å². The molecule has 0 saturated carbocycles. The molecule has 1 saturated heterocycles. The molecule has 82 valence electrons. The van der Waals surface area contributed by atoms with Crippen LogP contribution in [0, 0.1) is 13.8 Å². The monoisotopic (exact) mass is 249 g/mol. The highest BCUT2D eigenvalue weighted by Crippen LogP contribution is 2.26. The van der Waals surface area contributed by atoms with Gasteiger partial charge in [0.25, 0.3) is 5.91 Å². The Morgan fingerprint density at radius 3 is 2.69 bits per heavy atom. The van der Waals surface area contributed by atoms with Crippen molar-refractivity contribution in [1.29, 1.82) is 0 Å². The van der Waals surface area contributed by atoms with Gasteiger partial charge in [0.15, 0.2) is 0 Å². The summed E-state index contributed by atoms with van der Waals surface area (Å²) < 4.78 is 0.529. The Bertz CT molecular complexity index is 506. The van der Waals surface area contributed by atoms with Gasteiger partial charge in [0.05, 0.1) is 4.91 Å². The van der Waals surface area contributed by atoms with Gasteiger partial charge in [-0.15, -0.1) is 0 Å². The molecule has 1 aromatic rings. The van der Waals surface area contributed by atoms with Crippen LogP contribution in [-0.4, -0.2) is 10.2 Å². The number of benzene rings is 1. The van der Waals surface area contributed by atoms with E-state index in [0.29, 0.717) is 9.23 Å². The van der Waals surface area contributed by atoms with Gasteiger partial charge in [-0.1, -0.05) is 47.7 Å². The van der Waals surface area contributed by atoms with E-state index in [2.05, 4.69) is 18.3 Å². The van der Waals surface area contributed by atoms with E-state index >= 15 is 0 Å². The number of thiocarbonyl (C=S) groups is 1. The molecule has 0 bridgehead atoms. The summed E-state index contributed by atoms with van der Waals surface area (Å²) in [5, 5.41) is 2.61. The maximum Gasteiger partial charge on any atom is 0.263 e. The first kappa shape index (κ1) is 11.4. The van der Waals surface area contributed by atoms with Crippen molar-refractivity contribution in [3.63, 3.8) is 0 Å². The number of hydrogen-bond acceptors (Lipinski definition) is 3. The number of rotatable bonds is 1. The van der Waals surface area contributed by atoms with E-state index < -0.39 is 0 Å². The number of thioether (sulfide) groups is 1. The minimum atomic E-state index is -0.102. The molecule has 0 aromatic heterocycles. The molecule has 2 nitrogen and oxygen atoms in total. The second-order valence-electron chi connectivity index (χ2n) is 3.71. The van der Waals surface area contributed by atoms with Crippen LogP contribution in [0.1, 0.15) is 16.7 Å². The van der Waals surface area contributed by atoms with Crippen LogP contribution in [0.5, 0.6) is 0 Å². The Morgan fingerprint density at radius 1 is 1.38 bits per heavy atom. The number of aryl methyl sites for hydroxylation is 2. The van der Waals surface area contributed by atoms with Crippen LogP contribution >= 0.6 is 24.0 Å². The highest BCUT2D eigenvalue weighted by atomic mass is 32.2. The molecule has 0 unspecified atom stereocenters. The van der Waals surface area contributed by atoms with Crippen LogP contribution < -0.4 is 5.32 Å². The summed E-state index contributed by atoms with van der Waals surface area (Å²) in [6.45, 7) is 4.09. The van der Waals surface area contributed by atoms with Gasteiger partial charge in [-0.25, -0.2) is 0 Å². The fraction of sp³-hybridized carbons (Fsp3) is 0.167. The highest BCUT2D eigenvalue weighted by Gasteiger charge is 2.21. The van der Waals surface area contributed by atoms with E-state index in [-0.39, 0.29) is 5.91 Å². The van der Waals surface area contributed by atoms with E-state index in [1.54, 1.807) is 0 Å². The first-order chi connectivity index (χ1) is 7.56. The molecular weight excluding hydrogens is 238 g/mol. The van der Waals surface area contributed by atoms with E-state index in [1.807, 2.05) is 25.1 Å². The summed E-state index contributed by atoms with van der Waals surface area (Å²) in [6.07, 6.45) is 1.88. The molecule has 4 heteroatoms. The van der Waals surface area contributed by atoms with Crippen molar-refractivity contribution in [1.82, 2.24) is 5.32 Å². The Labute approximate surface area is 104 Å². The molecule has 1 N–H and O–H groups in total. The molecule has 1 fully saturated rings. The standard InChI is InChI=1S/C12H11NOS2/c1-7-3-4-9(8(2)5-7)6-10-11(14)13-12(15)16-10/h3-6H,1-2H3,(H,13,14,15)/b10-6-. The number of carbonyl (C=O) groups excluding carboxylic acids is 1. The third kappa shape index (κ3) is 2.33. The van der Waals surface area contributed by atoms with Crippen molar-refractivity contribution >= 4 is 40.3 Å². The molecule has 16 heavy (non-hydrogen) atoms. The molecule has 1 aromatic carbocycles. The van der Waals surface area contributed by atoms with Gasteiger partial charge in [-0.2, -0.15) is 0 Å². The Kier molecular flexibility index (Phi) is 3.12. The fourth-order valence-corrected chi connectivity index (χ4v) is 2.58. The zero-order chi connectivity index (χ0) is 11.7. The van der Waals surface area contributed by atoms with Crippen molar-refractivity contribution < 1.29 is 4.79 Å². The lowest BCUT2D eigenvalue weighted by Gasteiger charge is -2.02. The summed E-state index contributed by atoms with van der Waals surface area (Å²) in [6, 6.07) is 6.16. The van der Waals surface area contributed by atoms with Gasteiger partial charge in [-0.3, -0.25) is 4.79 Å². The van der Waals surface area contributed by atoms with E-state index in [9.17, 15) is 4.79 Å². The van der Waals surface area contributed by atoms with E-state index in [0.717, 1.165) is 5.56 Å². The second kappa shape index (κ2) is 4.39. The molecule has 0 spiro atoms. The summed E-state index contributed by atoms with van der Waals surface area (Å²) in [5.41, 5.74) is 3.45. The van der Waals surface area contributed by atoms with E-state index in [1.165, 1.54) is 22.9 Å². The van der Waals surface area contributed by atoms with Crippen LogP contribution in [0.2, 0.25) is 0 Å². The average molecular weight is 249 g/mol. The minimum absolute atomic E-state index is 0.102. The maximum absolute atomic E-state index is 11.5. The first-order valence-corrected chi connectivity index (χ1v) is 6.11. The lowest BCUT2D eigenvalue weighted by Crippen LogP contribution is -2.17. The molecule has 2 rings (SSSR count). The van der Waals surface area contributed by atoms with Crippen LogP contribution in [0.15, 0.2) is 23.1 Å². The molecule has 1 aliphatic heterocycles. The zero-order valence-corrected chi connectivity index (χ0v) is 10.7. The quantitative estimate of drug-likeness (QED) is 0.613. The molecule has 0 aliphatic carbocycles. The second-order valence-corrected chi connectivity index (χ2v) is 5.43. The SMILES string of the molecule is Cc1ccc(/C=C2\SC(=S)NC2=O)c(C)c1. The molecule has 0 atom stereocenters. The lowest BCUT2D eigenvalue weighted by atomic mass is 10.1. The van der Waals surface area contributed by atoms with Crippen LogP contribution in [0.4, 0.5) is 0 Å². The zero-order valence-electron chi connectivity index (χ0n) is 9.03. The number of hydrogen-bond donors (Lipinski definition) is 1. The van der Waals surface area contributed by atoms with Gasteiger partial charge < -0.3 is 5.32 Å². The third-order valence-corrected chi connectivity index (χ3v) is 3.52. The largest absolute Gasteiger partial charge is 0.307 e. The third-order valence-electron chi connectivity index (χ3n) is 2.35. The molecule has 1 aliphatic rings. The molecular formula is C12H11NOS2. The van der Waals surface area contributed by atoms with Crippen molar-refractivity contribution in [2.45, 2.75) is 13.8 Å². The van der Waals surface area contributed by atoms with Crippen LogP contribution in [0.3, 0.4) is 0 Å². The molecule has 0 radical (unpaired) electrons. The van der Waals surface area contributed by atoms with Crippen molar-refractivity contribution in [2.75, 3.05) is 0 Å². The van der Waals surface area contributed by atoms with Gasteiger partial charge in [-0.05, 0) is 31.1 Å². The summed E-state index contributed by atoms with van der Waals surface area (Å²) in [7, 11) is 0. The fourth-order valence-electron chi connectivity index (χ4n) is 1.55. The predicted molar refractivity (Wildman–Crippen MR) is 72.2 cm³/mol. The van der Waals surface area contributed by atoms with Crippen LogP contribution in [-0.2, 0) is 4.79 Å². The summed E-state index contributed by atoms with van der Waals surface area (Å²) in [4.78, 5) is 12.1. The van der Waals surface area contributed by atoms with Gasteiger partial charge in [0.2, 0.25) is 0 Å². The first-order valence-electron chi connectivity index (χ1n) is 4.88. The predicted octanol–water partition coefficient (Wildman–Crippen LogP) is 2.79. The molecule has 1 heterocycles. The number of carbonyl (C=O) groups is 1. The van der Waals surface area contributed by atoms with Crippen LogP contribution in [0.25, 0.3) is 6.08 Å². The Morgan fingerprint density at radius 2 is 2.12 bits per heavy atom. The Balaban J connectivity index is 2.36. The van der Waals surface area contributed by atoms with Crippen molar-refractivity contribution in [3.05, 3.63) is 39.8 Å². The van der Waals surface area contributed by atoms with Crippen molar-refractivity contribution in [3.8, 4) is 0 Å². The average Bonchev–Trinajstić information content (AvgIpc) is 2.50. The van der Waals surface area contributed by atoms with Crippen molar-refractivity contribution in [2.24, 2.45) is 0 Å². The normalized spacial score (nSPS) is 18.0. The lowest BCUT2D eigenvalue weighted by molar-refractivity contribution is -0.115. The smallest absolute Gasteiger partial charge is 0.263 e. The van der Waals surface area contributed by atoms with E-state index in [4.69, 9.17) is 12.2 Å². The Hall–Kier alpha value is -1.13. The molecule has 1 amide bonds. The van der Waals surface area contributed by atoms with Gasteiger partial charge >= 0.3 is 0 Å².